The molecule has 0 radical (unpaired) electrons. The maximum Gasteiger partial charge on any atom is 0.199 e. The first-order valence-corrected chi connectivity index (χ1v) is 18.0. The van der Waals surface area contributed by atoms with Crippen molar-refractivity contribution in [2.45, 2.75) is 36.7 Å². The molecule has 0 unspecified atom stereocenters. The second-order valence-corrected chi connectivity index (χ2v) is 14.3. The summed E-state index contributed by atoms with van der Waals surface area (Å²) in [5.41, 5.74) is 6.64. The van der Waals surface area contributed by atoms with Crippen LogP contribution in [-0.4, -0.2) is 54.9 Å². The molecule has 0 aromatic heterocycles. The zero-order chi connectivity index (χ0) is 34.6. The maximum absolute atomic E-state index is 12.4. The van der Waals surface area contributed by atoms with E-state index >= 15 is 0 Å². The summed E-state index contributed by atoms with van der Waals surface area (Å²) in [5.74, 6) is -0.344. The van der Waals surface area contributed by atoms with Gasteiger partial charge in [0.05, 0.1) is 9.79 Å². The summed E-state index contributed by atoms with van der Waals surface area (Å²) in [6, 6.07) is 25.2. The zero-order valence-corrected chi connectivity index (χ0v) is 28.3. The Morgan fingerprint density at radius 2 is 1.46 bits per heavy atom. The number of hydrogen-bond acceptors (Lipinski definition) is 8. The maximum atomic E-state index is 12.4. The average Bonchev–Trinajstić information content (AvgIpc) is 3.04. The number of nitrogens with zero attached hydrogens (tertiary/aromatic N) is 2. The highest BCUT2D eigenvalue weighted by Gasteiger charge is 2.20. The standard InChI is InChI=1S/C37H36N2O7S2/c1-4-39(25-28-9-6-10-34(22-28)47(41,42)43)32-17-13-30(14-18-32)37(35-20-19-33(40)23-36(35)48(44,45)46)29-11-15-31(16-12-29)38(3)24-27-8-5-7-26(2)21-27/h5-23H,4,24-25H2,1-3H3,(H2,41,42,43,44,45,46)/p-1. The molecule has 0 spiro atoms. The monoisotopic (exact) mass is 683 g/mol. The number of anilines is 1. The Morgan fingerprint density at radius 1 is 0.792 bits per heavy atom. The van der Waals surface area contributed by atoms with E-state index in [0.717, 1.165) is 23.0 Å². The van der Waals surface area contributed by atoms with Gasteiger partial charge in [-0.2, -0.15) is 0 Å². The van der Waals surface area contributed by atoms with Crippen molar-refractivity contribution in [2.24, 2.45) is 0 Å². The van der Waals surface area contributed by atoms with Gasteiger partial charge in [0.15, 0.2) is 12.3 Å². The molecule has 0 heterocycles. The molecule has 1 aliphatic carbocycles. The number of phenols is 1. The molecule has 0 saturated heterocycles. The van der Waals surface area contributed by atoms with E-state index in [9.17, 15) is 31.0 Å². The van der Waals surface area contributed by atoms with Gasteiger partial charge in [0.1, 0.15) is 33.0 Å². The Hall–Kier alpha value is -4.81. The van der Waals surface area contributed by atoms with Crippen LogP contribution in [-0.2, 0) is 33.3 Å². The molecule has 0 amide bonds. The molecule has 4 aromatic carbocycles. The summed E-state index contributed by atoms with van der Waals surface area (Å²) in [5, 5.41) is 10.1. The van der Waals surface area contributed by atoms with Crippen LogP contribution in [0.5, 0.6) is 5.75 Å². The number of aryl methyl sites for hydroxylation is 1. The van der Waals surface area contributed by atoms with Crippen LogP contribution in [0.2, 0.25) is 0 Å². The molecule has 0 atom stereocenters. The number of rotatable bonds is 10. The van der Waals surface area contributed by atoms with Crippen molar-refractivity contribution in [3.05, 3.63) is 149 Å². The molecule has 0 bridgehead atoms. The minimum absolute atomic E-state index is 0.152. The Balaban J connectivity index is 1.55. The van der Waals surface area contributed by atoms with Crippen LogP contribution in [0.15, 0.2) is 131 Å². The highest BCUT2D eigenvalue weighted by molar-refractivity contribution is 7.86. The lowest BCUT2D eigenvalue weighted by molar-refractivity contribution is -0.512. The van der Waals surface area contributed by atoms with Gasteiger partial charge in [-0.1, -0.05) is 48.0 Å². The van der Waals surface area contributed by atoms with E-state index in [1.54, 1.807) is 6.07 Å². The van der Waals surface area contributed by atoms with Crippen LogP contribution >= 0.6 is 0 Å². The number of hydrogen-bond donors (Lipinski definition) is 1. The molecule has 248 valence electrons. The SMILES string of the molecule is CCN(Cc1cccc(S(=O)(=O)[O-])c1)c1ccc(C(=C2C=CC(=[N+](C)Cc3cccc(C)c3)C=C2)c2ccc(O)cc2S(=O)(=O)[O-])cc1. The Kier molecular flexibility index (Phi) is 10.2. The largest absolute Gasteiger partial charge is 0.744 e. The van der Waals surface area contributed by atoms with Crippen LogP contribution in [0.1, 0.15) is 34.7 Å². The quantitative estimate of drug-likeness (QED) is 0.165. The van der Waals surface area contributed by atoms with E-state index in [0.29, 0.717) is 41.9 Å². The van der Waals surface area contributed by atoms with Crippen LogP contribution in [0.4, 0.5) is 5.69 Å². The predicted octanol–water partition coefficient (Wildman–Crippen LogP) is 5.75. The van der Waals surface area contributed by atoms with E-state index < -0.39 is 25.1 Å². The number of benzene rings is 4. The molecule has 0 fully saturated rings. The highest BCUT2D eigenvalue weighted by atomic mass is 32.2. The Bertz CT molecular complexity index is 2180. The first-order chi connectivity index (χ1) is 22.7. The number of allylic oxidation sites excluding steroid dienone is 5. The normalized spacial score (nSPS) is 13.1. The fourth-order valence-corrected chi connectivity index (χ4v) is 6.95. The van der Waals surface area contributed by atoms with Crippen molar-refractivity contribution in [2.75, 3.05) is 18.5 Å². The molecule has 1 aliphatic rings. The summed E-state index contributed by atoms with van der Waals surface area (Å²) >= 11 is 0. The summed E-state index contributed by atoms with van der Waals surface area (Å²) in [6.45, 7) is 5.58. The lowest BCUT2D eigenvalue weighted by Crippen LogP contribution is -2.22. The first-order valence-electron chi connectivity index (χ1n) is 15.2. The first kappa shape index (κ1) is 34.5. The summed E-state index contributed by atoms with van der Waals surface area (Å²) < 4.78 is 73.9. The van der Waals surface area contributed by atoms with E-state index in [-0.39, 0.29) is 16.2 Å². The molecule has 1 N–H and O–H groups in total. The molecular weight excluding hydrogens is 649 g/mol. The van der Waals surface area contributed by atoms with Gasteiger partial charge in [-0.05, 0) is 96.8 Å². The molecule has 48 heavy (non-hydrogen) atoms. The van der Waals surface area contributed by atoms with Gasteiger partial charge in [0, 0.05) is 42.1 Å². The minimum Gasteiger partial charge on any atom is -0.744 e. The van der Waals surface area contributed by atoms with E-state index in [1.165, 1.54) is 35.9 Å². The molecule has 0 saturated carbocycles. The number of phenolic OH excluding ortho intramolecular Hbond substituents is 1. The van der Waals surface area contributed by atoms with Crippen LogP contribution in [0.25, 0.3) is 5.57 Å². The van der Waals surface area contributed by atoms with Crippen LogP contribution in [0.3, 0.4) is 0 Å². The van der Waals surface area contributed by atoms with Crippen molar-refractivity contribution in [3.8, 4) is 5.75 Å². The van der Waals surface area contributed by atoms with Gasteiger partial charge in [-0.3, -0.25) is 0 Å². The minimum atomic E-state index is -4.96. The fraction of sp³-hybridized carbons (Fsp3) is 0.162. The molecular formula is C37H35N2O7S2-. The van der Waals surface area contributed by atoms with Crippen molar-refractivity contribution in [1.29, 1.82) is 0 Å². The third-order valence-corrected chi connectivity index (χ3v) is 9.77. The van der Waals surface area contributed by atoms with E-state index in [2.05, 4.69) is 16.7 Å². The molecule has 11 heteroatoms. The van der Waals surface area contributed by atoms with Gasteiger partial charge in [-0.15, -0.1) is 0 Å². The lowest BCUT2D eigenvalue weighted by Gasteiger charge is -2.25. The summed E-state index contributed by atoms with van der Waals surface area (Å²) in [6.07, 6.45) is 7.60. The van der Waals surface area contributed by atoms with Gasteiger partial charge in [0.25, 0.3) is 0 Å². The summed E-state index contributed by atoms with van der Waals surface area (Å²) in [7, 11) is -7.57. The molecule has 9 nitrogen and oxygen atoms in total. The lowest BCUT2D eigenvalue weighted by atomic mass is 9.90. The van der Waals surface area contributed by atoms with Gasteiger partial charge in [0.2, 0.25) is 0 Å². The Morgan fingerprint density at radius 3 is 2.08 bits per heavy atom. The predicted molar refractivity (Wildman–Crippen MR) is 184 cm³/mol. The molecule has 4 aromatic rings. The van der Waals surface area contributed by atoms with Gasteiger partial charge < -0.3 is 19.1 Å². The third kappa shape index (κ3) is 8.18. The van der Waals surface area contributed by atoms with Crippen LogP contribution in [0, 0.1) is 6.92 Å². The van der Waals surface area contributed by atoms with Gasteiger partial charge >= 0.3 is 0 Å². The van der Waals surface area contributed by atoms with Crippen molar-refractivity contribution in [1.82, 2.24) is 0 Å². The van der Waals surface area contributed by atoms with E-state index in [4.69, 9.17) is 0 Å². The van der Waals surface area contributed by atoms with Gasteiger partial charge in [-0.25, -0.2) is 21.4 Å². The average molecular weight is 684 g/mol. The van der Waals surface area contributed by atoms with Crippen LogP contribution < -0.4 is 4.90 Å². The summed E-state index contributed by atoms with van der Waals surface area (Å²) in [4.78, 5) is 1.16. The molecule has 5 rings (SSSR count). The zero-order valence-electron chi connectivity index (χ0n) is 26.7. The number of aromatic hydroxyl groups is 1. The third-order valence-electron chi connectivity index (χ3n) is 8.07. The fourth-order valence-electron chi connectivity index (χ4n) is 5.70. The van der Waals surface area contributed by atoms with Crippen molar-refractivity contribution < 1.29 is 35.6 Å². The van der Waals surface area contributed by atoms with Crippen molar-refractivity contribution >= 4 is 37.2 Å². The topological polar surface area (TPSA) is 141 Å². The second-order valence-electron chi connectivity index (χ2n) is 11.6. The van der Waals surface area contributed by atoms with Crippen molar-refractivity contribution in [3.63, 3.8) is 0 Å². The smallest absolute Gasteiger partial charge is 0.199 e. The van der Waals surface area contributed by atoms with E-state index in [1.807, 2.05) is 86.5 Å². The Labute approximate surface area is 281 Å². The second kappa shape index (κ2) is 14.1. The highest BCUT2D eigenvalue weighted by Crippen LogP contribution is 2.36. The molecule has 0 aliphatic heterocycles.